The number of ether oxygens (including phenoxy) is 1. The molecular weight excluding hydrogens is 302 g/mol. The molecular formula is C15H21N3O5. The largest absolute Gasteiger partial charge is 0.481 e. The second-order valence-electron chi connectivity index (χ2n) is 5.80. The maximum Gasteiger partial charge on any atom is 0.329 e. The van der Waals surface area contributed by atoms with Crippen LogP contribution in [-0.2, 0) is 32.1 Å². The number of imidazole rings is 1. The van der Waals surface area contributed by atoms with Crippen LogP contribution in [0.15, 0.2) is 6.33 Å². The molecule has 0 saturated heterocycles. The summed E-state index contributed by atoms with van der Waals surface area (Å²) in [5.41, 5.74) is 1.65. The minimum absolute atomic E-state index is 0.145. The summed E-state index contributed by atoms with van der Waals surface area (Å²) in [4.78, 5) is 40.8. The van der Waals surface area contributed by atoms with Crippen molar-refractivity contribution < 1.29 is 24.2 Å². The molecule has 1 aliphatic rings. The number of aromatic nitrogens is 2. The molecule has 8 nitrogen and oxygen atoms in total. The number of fused-ring (bicyclic) bond motifs is 1. The van der Waals surface area contributed by atoms with Gasteiger partial charge in [0.15, 0.2) is 0 Å². The zero-order valence-electron chi connectivity index (χ0n) is 13.5. The molecule has 1 N–H and O–H groups in total. The van der Waals surface area contributed by atoms with Gasteiger partial charge < -0.3 is 19.3 Å². The molecule has 0 aliphatic carbocycles. The normalized spacial score (nSPS) is 17.0. The number of carboxylic acids is 1. The fourth-order valence-corrected chi connectivity index (χ4v) is 2.74. The van der Waals surface area contributed by atoms with Crippen molar-refractivity contribution in [2.75, 3.05) is 7.11 Å². The molecule has 0 unspecified atom stereocenters. The molecule has 1 aromatic rings. The minimum Gasteiger partial charge on any atom is -0.481 e. The second kappa shape index (κ2) is 6.80. The highest BCUT2D eigenvalue weighted by Crippen LogP contribution is 2.26. The van der Waals surface area contributed by atoms with Crippen molar-refractivity contribution in [3.8, 4) is 0 Å². The summed E-state index contributed by atoms with van der Waals surface area (Å²) in [6.45, 7) is 4.24. The number of carbonyl (C=O) groups is 3. The van der Waals surface area contributed by atoms with Crippen LogP contribution < -0.4 is 0 Å². The van der Waals surface area contributed by atoms with Gasteiger partial charge in [-0.3, -0.25) is 9.59 Å². The summed E-state index contributed by atoms with van der Waals surface area (Å²) in [6.07, 6.45) is 1.57. The molecule has 2 heterocycles. The maximum atomic E-state index is 12.4. The molecule has 126 valence electrons. The zero-order chi connectivity index (χ0) is 17.1. The molecule has 0 aromatic carbocycles. The molecule has 1 aromatic heterocycles. The number of hydrogen-bond acceptors (Lipinski definition) is 5. The van der Waals surface area contributed by atoms with Crippen LogP contribution in [0.2, 0.25) is 0 Å². The Balaban J connectivity index is 2.29. The Morgan fingerprint density at radius 1 is 1.39 bits per heavy atom. The van der Waals surface area contributed by atoms with E-state index in [4.69, 9.17) is 9.84 Å². The van der Waals surface area contributed by atoms with E-state index >= 15 is 0 Å². The summed E-state index contributed by atoms with van der Waals surface area (Å²) in [5, 5.41) is 8.75. The first-order valence-electron chi connectivity index (χ1n) is 7.48. The third kappa shape index (κ3) is 3.52. The highest BCUT2D eigenvalue weighted by Gasteiger charge is 2.37. The van der Waals surface area contributed by atoms with Crippen LogP contribution in [0.4, 0.5) is 0 Å². The van der Waals surface area contributed by atoms with E-state index in [9.17, 15) is 14.4 Å². The van der Waals surface area contributed by atoms with Gasteiger partial charge >= 0.3 is 11.9 Å². The van der Waals surface area contributed by atoms with E-state index in [0.29, 0.717) is 0 Å². The number of amides is 1. The van der Waals surface area contributed by atoms with Crippen molar-refractivity contribution in [2.24, 2.45) is 0 Å². The van der Waals surface area contributed by atoms with Gasteiger partial charge in [0.2, 0.25) is 5.91 Å². The van der Waals surface area contributed by atoms with Crippen molar-refractivity contribution in [2.45, 2.75) is 51.7 Å². The van der Waals surface area contributed by atoms with Crippen LogP contribution in [0.1, 0.15) is 44.1 Å². The van der Waals surface area contributed by atoms with Crippen molar-refractivity contribution >= 4 is 17.8 Å². The third-order valence-electron chi connectivity index (χ3n) is 3.97. The Morgan fingerprint density at radius 3 is 2.65 bits per heavy atom. The first kappa shape index (κ1) is 17.0. The highest BCUT2D eigenvalue weighted by atomic mass is 16.5. The smallest absolute Gasteiger partial charge is 0.329 e. The van der Waals surface area contributed by atoms with Crippen molar-refractivity contribution in [1.82, 2.24) is 14.5 Å². The van der Waals surface area contributed by atoms with Crippen molar-refractivity contribution in [1.29, 1.82) is 0 Å². The summed E-state index contributed by atoms with van der Waals surface area (Å²) < 4.78 is 6.74. The number of rotatable bonds is 5. The van der Waals surface area contributed by atoms with Gasteiger partial charge in [0, 0.05) is 18.9 Å². The Hall–Kier alpha value is -2.38. The van der Waals surface area contributed by atoms with Gasteiger partial charge in [0.05, 0.1) is 37.8 Å². The number of carboxylic acid groups (broad SMARTS) is 1. The average Bonchev–Trinajstić information content (AvgIpc) is 2.93. The lowest BCUT2D eigenvalue weighted by Gasteiger charge is -2.34. The lowest BCUT2D eigenvalue weighted by Crippen LogP contribution is -2.49. The van der Waals surface area contributed by atoms with Gasteiger partial charge in [-0.15, -0.1) is 0 Å². The molecule has 0 radical (unpaired) electrons. The van der Waals surface area contributed by atoms with E-state index < -0.39 is 18.0 Å². The first-order valence-corrected chi connectivity index (χ1v) is 7.48. The number of esters is 1. The van der Waals surface area contributed by atoms with E-state index in [1.807, 2.05) is 18.4 Å². The fourth-order valence-electron chi connectivity index (χ4n) is 2.74. The molecule has 0 saturated carbocycles. The van der Waals surface area contributed by atoms with Gasteiger partial charge in [-0.1, -0.05) is 0 Å². The molecule has 1 amide bonds. The second-order valence-corrected chi connectivity index (χ2v) is 5.80. The van der Waals surface area contributed by atoms with Crippen molar-refractivity contribution in [3.63, 3.8) is 0 Å². The summed E-state index contributed by atoms with van der Waals surface area (Å²) >= 11 is 0. The number of carbonyl (C=O) groups excluding carboxylic acids is 2. The first-order chi connectivity index (χ1) is 10.8. The van der Waals surface area contributed by atoms with Gasteiger partial charge in [-0.25, -0.2) is 9.78 Å². The van der Waals surface area contributed by atoms with Crippen molar-refractivity contribution in [3.05, 3.63) is 17.7 Å². The van der Waals surface area contributed by atoms with Gasteiger partial charge in [0.25, 0.3) is 0 Å². The average molecular weight is 323 g/mol. The third-order valence-corrected chi connectivity index (χ3v) is 3.97. The molecule has 2 rings (SSSR count). The summed E-state index contributed by atoms with van der Waals surface area (Å²) in [5.74, 6) is -1.93. The predicted octanol–water partition coefficient (Wildman–Crippen LogP) is 0.755. The quantitative estimate of drug-likeness (QED) is 0.803. The summed E-state index contributed by atoms with van der Waals surface area (Å²) in [6, 6.07) is -0.582. The molecule has 0 spiro atoms. The van der Waals surface area contributed by atoms with Crippen LogP contribution >= 0.6 is 0 Å². The Morgan fingerprint density at radius 2 is 2.09 bits per heavy atom. The van der Waals surface area contributed by atoms with Crippen LogP contribution in [0.25, 0.3) is 0 Å². The fraction of sp³-hybridized carbons (Fsp3) is 0.600. The molecule has 0 fully saturated rings. The Labute approximate surface area is 134 Å². The molecule has 8 heteroatoms. The van der Waals surface area contributed by atoms with Gasteiger partial charge in [-0.05, 0) is 13.8 Å². The molecule has 1 aliphatic heterocycles. The van der Waals surface area contributed by atoms with Crippen LogP contribution in [0, 0.1) is 0 Å². The topological polar surface area (TPSA) is 102 Å². The summed E-state index contributed by atoms with van der Waals surface area (Å²) in [7, 11) is 1.27. The number of aliphatic carboxylic acids is 1. The van der Waals surface area contributed by atoms with E-state index in [2.05, 4.69) is 4.98 Å². The lowest BCUT2D eigenvalue weighted by molar-refractivity contribution is -0.154. The number of hydrogen-bond donors (Lipinski definition) is 1. The molecule has 23 heavy (non-hydrogen) atoms. The van der Waals surface area contributed by atoms with E-state index in [1.165, 1.54) is 12.0 Å². The highest BCUT2D eigenvalue weighted by molar-refractivity contribution is 5.86. The molecule has 0 bridgehead atoms. The monoisotopic (exact) mass is 323 g/mol. The van der Waals surface area contributed by atoms with Crippen LogP contribution in [0.5, 0.6) is 0 Å². The minimum atomic E-state index is -1.04. The maximum absolute atomic E-state index is 12.4. The zero-order valence-corrected chi connectivity index (χ0v) is 13.5. The van der Waals surface area contributed by atoms with E-state index in [1.54, 1.807) is 6.33 Å². The van der Waals surface area contributed by atoms with Crippen LogP contribution in [0.3, 0.4) is 0 Å². The standard InChI is InChI=1S/C15H21N3O5/c1-9(2)18-8-16-10-6-11(15(22)23-3)17(7-12(10)18)13(19)4-5-14(20)21/h8-9,11H,4-7H2,1-3H3,(H,20,21)/t11-/m0/s1. The number of nitrogens with zero attached hydrogens (tertiary/aromatic N) is 3. The number of methoxy groups -OCH3 is 1. The van der Waals surface area contributed by atoms with Gasteiger partial charge in [0.1, 0.15) is 6.04 Å². The van der Waals surface area contributed by atoms with E-state index in [0.717, 1.165) is 11.4 Å². The van der Waals surface area contributed by atoms with E-state index in [-0.39, 0.29) is 37.8 Å². The molecule has 1 atom stereocenters. The predicted molar refractivity (Wildman–Crippen MR) is 79.5 cm³/mol. The Kier molecular flexibility index (Phi) is 5.02. The van der Waals surface area contributed by atoms with Gasteiger partial charge in [-0.2, -0.15) is 0 Å². The Bertz CT molecular complexity index is 623. The SMILES string of the molecule is COC(=O)[C@@H]1Cc2ncn(C(C)C)c2CN1C(=O)CCC(=O)O. The van der Waals surface area contributed by atoms with Crippen LogP contribution in [-0.4, -0.2) is 50.6 Å². The lowest BCUT2D eigenvalue weighted by atomic mass is 10.0.